The first-order valence-electron chi connectivity index (χ1n) is 12.5. The van der Waals surface area contributed by atoms with Crippen LogP contribution in [-0.2, 0) is 6.18 Å². The molecule has 0 aliphatic heterocycles. The maximum atomic E-state index is 13.3. The maximum absolute atomic E-state index is 13.3. The molecule has 5 aromatic rings. The Labute approximate surface area is 237 Å². The molecule has 0 spiro atoms. The first-order chi connectivity index (χ1) is 19.8. The molecule has 5 rings (SSSR count). The largest absolute Gasteiger partial charge is 0.439 e. The van der Waals surface area contributed by atoms with E-state index in [4.69, 9.17) is 4.74 Å². The number of benzene rings is 2. The van der Waals surface area contributed by atoms with Crippen molar-refractivity contribution in [2.45, 2.75) is 19.5 Å². The second-order valence-corrected chi connectivity index (χ2v) is 9.76. The number of hydrogen-bond acceptors (Lipinski definition) is 7. The van der Waals surface area contributed by atoms with Crippen molar-refractivity contribution >= 4 is 33.9 Å². The lowest BCUT2D eigenvalue weighted by atomic mass is 10.1. The molecule has 2 aromatic carbocycles. The van der Waals surface area contributed by atoms with Crippen molar-refractivity contribution in [3.05, 3.63) is 91.0 Å². The van der Waals surface area contributed by atoms with Gasteiger partial charge in [-0.05, 0) is 66.6 Å². The summed E-state index contributed by atoms with van der Waals surface area (Å²) in [5.74, 6) is 0.871. The number of rotatable bonds is 9. The minimum Gasteiger partial charge on any atom is -0.439 e. The molecule has 0 bridgehead atoms. The van der Waals surface area contributed by atoms with E-state index in [1.165, 1.54) is 23.1 Å². The van der Waals surface area contributed by atoms with Crippen molar-refractivity contribution in [1.29, 1.82) is 0 Å². The number of carbonyl (C=O) groups is 1. The molecular formula is C28H24F3N7O2S. The quantitative estimate of drug-likeness (QED) is 0.166. The number of aromatic nitrogens is 4. The van der Waals surface area contributed by atoms with E-state index in [0.717, 1.165) is 40.7 Å². The van der Waals surface area contributed by atoms with Gasteiger partial charge in [0.25, 0.3) is 0 Å². The summed E-state index contributed by atoms with van der Waals surface area (Å²) in [5.41, 5.74) is 0.629. The molecule has 210 valence electrons. The second-order valence-electron chi connectivity index (χ2n) is 8.73. The third-order valence-corrected chi connectivity index (χ3v) is 6.71. The van der Waals surface area contributed by atoms with Gasteiger partial charge >= 0.3 is 12.2 Å². The summed E-state index contributed by atoms with van der Waals surface area (Å²) in [6, 6.07) is 14.5. The Kier molecular flexibility index (Phi) is 8.15. The first kappa shape index (κ1) is 27.6. The summed E-state index contributed by atoms with van der Waals surface area (Å²) >= 11 is 1.57. The van der Waals surface area contributed by atoms with Gasteiger partial charge in [-0.15, -0.1) is 0 Å². The Morgan fingerprint density at radius 1 is 1.02 bits per heavy atom. The molecule has 0 aliphatic rings. The van der Waals surface area contributed by atoms with Crippen LogP contribution in [0.1, 0.15) is 18.9 Å². The van der Waals surface area contributed by atoms with E-state index in [2.05, 4.69) is 37.9 Å². The van der Waals surface area contributed by atoms with Crippen molar-refractivity contribution < 1.29 is 22.7 Å². The minimum atomic E-state index is -4.58. The molecule has 3 aromatic heterocycles. The zero-order valence-electron chi connectivity index (χ0n) is 21.6. The predicted octanol–water partition coefficient (Wildman–Crippen LogP) is 7.67. The van der Waals surface area contributed by atoms with E-state index in [1.807, 2.05) is 30.5 Å². The highest BCUT2D eigenvalue weighted by Gasteiger charge is 2.31. The van der Waals surface area contributed by atoms with Gasteiger partial charge < -0.3 is 20.7 Å². The normalized spacial score (nSPS) is 11.2. The van der Waals surface area contributed by atoms with E-state index in [-0.39, 0.29) is 11.4 Å². The number of amides is 2. The lowest BCUT2D eigenvalue weighted by molar-refractivity contribution is -0.137. The van der Waals surface area contributed by atoms with Crippen LogP contribution in [0.3, 0.4) is 0 Å². The fraction of sp³-hybridized carbons (Fsp3) is 0.143. The smallest absolute Gasteiger partial charge is 0.416 e. The average Bonchev–Trinajstić information content (AvgIpc) is 3.66. The van der Waals surface area contributed by atoms with Crippen molar-refractivity contribution in [2.75, 3.05) is 22.5 Å². The van der Waals surface area contributed by atoms with Crippen LogP contribution >= 0.6 is 11.3 Å². The number of halogens is 3. The van der Waals surface area contributed by atoms with Crippen LogP contribution in [0.4, 0.5) is 34.5 Å². The molecule has 3 heterocycles. The third kappa shape index (κ3) is 7.00. The molecular weight excluding hydrogens is 555 g/mol. The molecule has 9 nitrogen and oxygen atoms in total. The van der Waals surface area contributed by atoms with Crippen molar-refractivity contribution in [1.82, 2.24) is 19.7 Å². The predicted molar refractivity (Wildman–Crippen MR) is 152 cm³/mol. The number of ether oxygens (including phenoxy) is 1. The summed E-state index contributed by atoms with van der Waals surface area (Å²) in [6.07, 6.45) is 2.69. The van der Waals surface area contributed by atoms with Crippen LogP contribution in [0, 0.1) is 0 Å². The lowest BCUT2D eigenvalue weighted by Crippen LogP contribution is -2.21. The Balaban J connectivity index is 1.21. The SMILES string of the molecule is CCCNc1ncc(-c2ccc(Oc3ccc(NC(=O)Nc4cc(C(F)(F)F)ccc4-n4cccn4)cn3)cc2)s1. The number of urea groups is 1. The van der Waals surface area contributed by atoms with Crippen LogP contribution in [0.25, 0.3) is 16.1 Å². The maximum Gasteiger partial charge on any atom is 0.416 e. The van der Waals surface area contributed by atoms with Crippen molar-refractivity contribution in [3.63, 3.8) is 0 Å². The Morgan fingerprint density at radius 3 is 2.54 bits per heavy atom. The lowest BCUT2D eigenvalue weighted by Gasteiger charge is -2.15. The van der Waals surface area contributed by atoms with Gasteiger partial charge in [-0.3, -0.25) is 0 Å². The summed E-state index contributed by atoms with van der Waals surface area (Å²) in [5, 5.41) is 13.2. The standard InChI is InChI=1S/C28H24F3N7O2S/c1-2-12-32-27-34-17-24(41-27)18-4-8-21(9-5-18)40-25-11-7-20(16-33-25)36-26(39)37-22-15-19(28(29,30)31)6-10-23(22)38-14-3-13-35-38/h3-11,13-17H,2,12H2,1H3,(H,32,34)(H2,36,37,39). The van der Waals surface area contributed by atoms with Gasteiger partial charge in [0.05, 0.1) is 33.7 Å². The zero-order chi connectivity index (χ0) is 28.8. The van der Waals surface area contributed by atoms with Crippen LogP contribution in [0.5, 0.6) is 11.6 Å². The molecule has 41 heavy (non-hydrogen) atoms. The molecule has 0 atom stereocenters. The van der Waals surface area contributed by atoms with Crippen LogP contribution in [0.15, 0.2) is 85.5 Å². The molecule has 0 fully saturated rings. The number of alkyl halides is 3. The van der Waals surface area contributed by atoms with Crippen molar-refractivity contribution in [3.8, 4) is 27.8 Å². The highest BCUT2D eigenvalue weighted by atomic mass is 32.1. The summed E-state index contributed by atoms with van der Waals surface area (Å²) in [4.78, 5) is 22.3. The number of carbonyl (C=O) groups excluding carboxylic acids is 1. The van der Waals surface area contributed by atoms with Gasteiger partial charge in [-0.1, -0.05) is 18.3 Å². The highest BCUT2D eigenvalue weighted by molar-refractivity contribution is 7.18. The zero-order valence-corrected chi connectivity index (χ0v) is 22.5. The van der Waals surface area contributed by atoms with Gasteiger partial charge in [-0.25, -0.2) is 19.4 Å². The van der Waals surface area contributed by atoms with Crippen LogP contribution < -0.4 is 20.7 Å². The third-order valence-electron chi connectivity index (χ3n) is 5.71. The van der Waals surface area contributed by atoms with Crippen molar-refractivity contribution in [2.24, 2.45) is 0 Å². The van der Waals surface area contributed by atoms with Gasteiger partial charge in [0.15, 0.2) is 5.13 Å². The number of nitrogens with zero attached hydrogens (tertiary/aromatic N) is 4. The molecule has 0 radical (unpaired) electrons. The average molecular weight is 580 g/mol. The van der Waals surface area contributed by atoms with Gasteiger partial charge in [0.1, 0.15) is 5.75 Å². The molecule has 0 saturated heterocycles. The fourth-order valence-corrected chi connectivity index (χ4v) is 4.60. The summed E-state index contributed by atoms with van der Waals surface area (Å²) < 4.78 is 47.0. The van der Waals surface area contributed by atoms with E-state index in [9.17, 15) is 18.0 Å². The molecule has 3 N–H and O–H groups in total. The van der Waals surface area contributed by atoms with Gasteiger partial charge in [-0.2, -0.15) is 18.3 Å². The number of thiazole rings is 1. The molecule has 0 aliphatic carbocycles. The van der Waals surface area contributed by atoms with Crippen LogP contribution in [0.2, 0.25) is 0 Å². The van der Waals surface area contributed by atoms with Gasteiger partial charge in [0, 0.05) is 31.2 Å². The monoisotopic (exact) mass is 579 g/mol. The number of nitrogens with one attached hydrogen (secondary N) is 3. The first-order valence-corrected chi connectivity index (χ1v) is 13.3. The highest BCUT2D eigenvalue weighted by Crippen LogP contribution is 2.34. The topological polar surface area (TPSA) is 106 Å². The van der Waals surface area contributed by atoms with E-state index >= 15 is 0 Å². The fourth-order valence-electron chi connectivity index (χ4n) is 3.75. The molecule has 13 heteroatoms. The summed E-state index contributed by atoms with van der Waals surface area (Å²) in [6.45, 7) is 2.97. The summed E-state index contributed by atoms with van der Waals surface area (Å²) in [7, 11) is 0. The van der Waals surface area contributed by atoms with E-state index in [1.54, 1.807) is 35.7 Å². The number of hydrogen-bond donors (Lipinski definition) is 3. The molecule has 0 saturated carbocycles. The van der Waals surface area contributed by atoms with E-state index < -0.39 is 17.8 Å². The van der Waals surface area contributed by atoms with E-state index in [0.29, 0.717) is 17.3 Å². The Hall–Kier alpha value is -4.91. The Bertz CT molecular complexity index is 1600. The molecule has 0 unspecified atom stereocenters. The van der Waals surface area contributed by atoms with Gasteiger partial charge in [0.2, 0.25) is 5.88 Å². The second kappa shape index (κ2) is 12.1. The number of pyridine rings is 1. The Morgan fingerprint density at radius 2 is 1.85 bits per heavy atom. The van der Waals surface area contributed by atoms with Crippen LogP contribution in [-0.4, -0.2) is 32.3 Å². The number of anilines is 3. The minimum absolute atomic E-state index is 0.0656. The molecule has 2 amide bonds.